The molecule has 0 atom stereocenters. The molecule has 1 N–H and O–H groups in total. The van der Waals surface area contributed by atoms with Crippen LogP contribution in [0.25, 0.3) is 0 Å². The van der Waals surface area contributed by atoms with Gasteiger partial charge in [-0.1, -0.05) is 27.7 Å². The summed E-state index contributed by atoms with van der Waals surface area (Å²) in [5.74, 6) is -2.67. The second-order valence-electron chi connectivity index (χ2n) is 4.52. The first-order valence-corrected chi connectivity index (χ1v) is 8.72. The van der Waals surface area contributed by atoms with E-state index in [2.05, 4.69) is 9.47 Å². The van der Waals surface area contributed by atoms with Crippen LogP contribution >= 0.6 is 0 Å². The van der Waals surface area contributed by atoms with Gasteiger partial charge in [-0.15, -0.1) is 0 Å². The minimum absolute atomic E-state index is 0.115. The maximum Gasteiger partial charge on any atom is 0.313 e. The van der Waals surface area contributed by atoms with Crippen LogP contribution in [0.15, 0.2) is 11.7 Å². The Morgan fingerprint density at radius 2 is 1.00 bits per heavy atom. The van der Waals surface area contributed by atoms with Gasteiger partial charge in [0.15, 0.2) is 0 Å². The largest absolute Gasteiger partial charge is 0.481 e. The first kappa shape index (κ1) is 37.1. The van der Waals surface area contributed by atoms with Crippen LogP contribution in [0.5, 0.6) is 0 Å². The van der Waals surface area contributed by atoms with Crippen molar-refractivity contribution in [2.45, 2.75) is 67.7 Å². The molecule has 10 heteroatoms. The summed E-state index contributed by atoms with van der Waals surface area (Å²) in [6, 6.07) is 0. The van der Waals surface area contributed by atoms with Crippen molar-refractivity contribution in [1.29, 1.82) is 0 Å². The van der Waals surface area contributed by atoms with E-state index in [1.807, 2.05) is 27.7 Å². The maximum absolute atomic E-state index is 11.6. The Hall–Kier alpha value is -2.65. The third-order valence-corrected chi connectivity index (χ3v) is 1.98. The molecule has 0 aliphatic carbocycles. The molecule has 172 valence electrons. The predicted molar refractivity (Wildman–Crippen MR) is 104 cm³/mol. The van der Waals surface area contributed by atoms with Gasteiger partial charge in [0.05, 0.1) is 20.6 Å². The van der Waals surface area contributed by atoms with Crippen molar-refractivity contribution in [3.8, 4) is 0 Å². The van der Waals surface area contributed by atoms with E-state index in [-0.39, 0.29) is 36.4 Å². The van der Waals surface area contributed by atoms with Gasteiger partial charge in [0, 0.05) is 5.57 Å². The molecule has 0 bridgehead atoms. The summed E-state index contributed by atoms with van der Waals surface area (Å²) in [6.07, 6.45) is -2.62. The van der Waals surface area contributed by atoms with Crippen molar-refractivity contribution >= 4 is 29.5 Å². The molecule has 0 spiro atoms. The van der Waals surface area contributed by atoms with Crippen LogP contribution in [0.1, 0.15) is 67.7 Å². The average molecular weight is 428 g/mol. The molecular weight excluding hydrogens is 394 g/mol. The van der Waals surface area contributed by atoms with Crippen LogP contribution in [0, 0.1) is 0 Å². The Labute approximate surface area is 171 Å². The molecule has 0 rings (SSSR count). The molecule has 0 fully saturated rings. The topological polar surface area (TPSA) is 124 Å². The lowest BCUT2D eigenvalue weighted by Crippen LogP contribution is -2.05. The molecule has 0 aromatic rings. The number of carboxylic acid groups (broad SMARTS) is 1. The molecule has 0 aliphatic heterocycles. The van der Waals surface area contributed by atoms with Crippen molar-refractivity contribution in [2.75, 3.05) is 14.2 Å². The van der Waals surface area contributed by atoms with Gasteiger partial charge in [0.1, 0.15) is 24.4 Å². The molecule has 0 aliphatic rings. The van der Waals surface area contributed by atoms with Crippen LogP contribution in [-0.2, 0) is 33.4 Å². The SMILES string of the molecule is CC.CC.CC(=O)CC(=O)O.COC(=O)CC(C)=C(F)F.COC(=O)CC(C)=O. The number of ketones is 2. The average Bonchev–Trinajstić information content (AvgIpc) is 2.64. The highest BCUT2D eigenvalue weighted by Crippen LogP contribution is 2.10. The van der Waals surface area contributed by atoms with Crippen molar-refractivity contribution < 1.29 is 47.3 Å². The molecule has 0 aromatic carbocycles. The normalized spacial score (nSPS) is 7.69. The highest BCUT2D eigenvalue weighted by atomic mass is 19.3. The Bertz CT molecular complexity index is 498. The monoisotopic (exact) mass is 428 g/mol. The Kier molecular flexibility index (Phi) is 35.3. The van der Waals surface area contributed by atoms with E-state index in [1.54, 1.807) is 0 Å². The molecule has 8 nitrogen and oxygen atoms in total. The van der Waals surface area contributed by atoms with Gasteiger partial charge in [-0.05, 0) is 20.8 Å². The van der Waals surface area contributed by atoms with Gasteiger partial charge in [-0.2, -0.15) is 8.78 Å². The number of hydrogen-bond acceptors (Lipinski definition) is 7. The number of carbonyl (C=O) groups excluding carboxylic acids is 4. The van der Waals surface area contributed by atoms with Gasteiger partial charge in [-0.25, -0.2) is 0 Å². The van der Waals surface area contributed by atoms with Crippen molar-refractivity contribution in [3.63, 3.8) is 0 Å². The second kappa shape index (κ2) is 27.6. The summed E-state index contributed by atoms with van der Waals surface area (Å²) in [5, 5.41) is 7.86. The third-order valence-electron chi connectivity index (χ3n) is 1.98. The van der Waals surface area contributed by atoms with Crippen LogP contribution < -0.4 is 0 Å². The molecule has 0 amide bonds. The van der Waals surface area contributed by atoms with Crippen LogP contribution in [0.3, 0.4) is 0 Å². The number of ether oxygens (including phenoxy) is 2. The highest BCUT2D eigenvalue weighted by molar-refractivity contribution is 5.94. The molecule has 0 heterocycles. The zero-order valence-electron chi connectivity index (χ0n) is 18.7. The Morgan fingerprint density at radius 1 is 0.690 bits per heavy atom. The van der Waals surface area contributed by atoms with Gasteiger partial charge in [0.2, 0.25) is 0 Å². The fourth-order valence-corrected chi connectivity index (χ4v) is 0.844. The minimum atomic E-state index is -1.81. The van der Waals surface area contributed by atoms with E-state index in [0.29, 0.717) is 0 Å². The quantitative estimate of drug-likeness (QED) is 0.498. The van der Waals surface area contributed by atoms with E-state index >= 15 is 0 Å². The summed E-state index contributed by atoms with van der Waals surface area (Å²) >= 11 is 0. The lowest BCUT2D eigenvalue weighted by atomic mass is 10.2. The molecule has 0 aromatic heterocycles. The van der Waals surface area contributed by atoms with Crippen molar-refractivity contribution in [2.24, 2.45) is 0 Å². The van der Waals surface area contributed by atoms with Crippen LogP contribution in [0.4, 0.5) is 8.78 Å². The lowest BCUT2D eigenvalue weighted by molar-refractivity contribution is -0.143. The maximum atomic E-state index is 11.6. The van der Waals surface area contributed by atoms with E-state index in [9.17, 15) is 32.8 Å². The molecule has 0 saturated carbocycles. The number of carboxylic acids is 1. The van der Waals surface area contributed by atoms with E-state index < -0.39 is 24.0 Å². The fourth-order valence-electron chi connectivity index (χ4n) is 0.844. The zero-order valence-corrected chi connectivity index (χ0v) is 18.7. The fraction of sp³-hybridized carbons (Fsp3) is 0.632. The smallest absolute Gasteiger partial charge is 0.313 e. The first-order valence-electron chi connectivity index (χ1n) is 8.72. The predicted octanol–water partition coefficient (Wildman–Crippen LogP) is 3.96. The van der Waals surface area contributed by atoms with Gasteiger partial charge >= 0.3 is 17.9 Å². The first-order chi connectivity index (χ1) is 13.4. The standard InChI is InChI=1S/C6H8F2O2.C5H8O3.C4H6O3.2C2H6/c1-4(6(7)8)3-5(9)10-2;1-4(6)3-5(7)8-2;1-3(5)2-4(6)7;2*1-2/h3H2,1-2H3;3H2,1-2H3;2H2,1H3,(H,6,7);2*1-2H3. The van der Waals surface area contributed by atoms with Crippen LogP contribution in [0.2, 0.25) is 0 Å². The van der Waals surface area contributed by atoms with Gasteiger partial charge in [0.25, 0.3) is 6.08 Å². The van der Waals surface area contributed by atoms with Crippen molar-refractivity contribution in [1.82, 2.24) is 0 Å². The number of rotatable bonds is 6. The number of hydrogen-bond donors (Lipinski definition) is 1. The van der Waals surface area contributed by atoms with Crippen LogP contribution in [-0.4, -0.2) is 48.8 Å². The number of halogens is 2. The summed E-state index contributed by atoms with van der Waals surface area (Å²) in [6.45, 7) is 11.8. The summed E-state index contributed by atoms with van der Waals surface area (Å²) in [7, 11) is 2.41. The lowest BCUT2D eigenvalue weighted by Gasteiger charge is -1.96. The van der Waals surface area contributed by atoms with Crippen molar-refractivity contribution in [3.05, 3.63) is 11.7 Å². The van der Waals surface area contributed by atoms with E-state index in [0.717, 1.165) is 7.11 Å². The number of methoxy groups -OCH3 is 2. The highest BCUT2D eigenvalue weighted by Gasteiger charge is 2.06. The summed E-state index contributed by atoms with van der Waals surface area (Å²) in [4.78, 5) is 50.1. The minimum Gasteiger partial charge on any atom is -0.481 e. The summed E-state index contributed by atoms with van der Waals surface area (Å²) in [5.41, 5.74) is -0.244. The molecule has 29 heavy (non-hydrogen) atoms. The van der Waals surface area contributed by atoms with E-state index in [1.165, 1.54) is 27.9 Å². The molecule has 0 saturated heterocycles. The molecular formula is C19H34F2O8. The number of esters is 2. The third kappa shape index (κ3) is 45.9. The number of aliphatic carboxylic acids is 1. The molecule has 0 radical (unpaired) electrons. The Balaban J connectivity index is -0.0000000923. The number of Topliss-reactive ketones (excluding diaryl/α,β-unsaturated/α-hetero) is 2. The molecule has 0 unspecified atom stereocenters. The van der Waals surface area contributed by atoms with Gasteiger partial charge in [-0.3, -0.25) is 24.0 Å². The zero-order chi connectivity index (χ0) is 24.6. The van der Waals surface area contributed by atoms with E-state index in [4.69, 9.17) is 5.11 Å². The summed E-state index contributed by atoms with van der Waals surface area (Å²) < 4.78 is 31.6. The van der Waals surface area contributed by atoms with Gasteiger partial charge < -0.3 is 14.6 Å². The second-order valence-corrected chi connectivity index (χ2v) is 4.52. The Morgan fingerprint density at radius 3 is 1.14 bits per heavy atom. The number of carbonyl (C=O) groups is 5.